The molecule has 2 atom stereocenters. The van der Waals surface area contributed by atoms with E-state index in [1.165, 1.54) is 12.1 Å². The van der Waals surface area contributed by atoms with E-state index in [1.807, 2.05) is 0 Å². The van der Waals surface area contributed by atoms with Gasteiger partial charge in [-0.15, -0.1) is 0 Å². The quantitative estimate of drug-likeness (QED) is 0.830. The smallest absolute Gasteiger partial charge is 0.126 e. The fourth-order valence-corrected chi connectivity index (χ4v) is 3.33. The molecule has 0 amide bonds. The van der Waals surface area contributed by atoms with E-state index in [1.54, 1.807) is 0 Å². The van der Waals surface area contributed by atoms with Gasteiger partial charge in [0.15, 0.2) is 0 Å². The van der Waals surface area contributed by atoms with Crippen LogP contribution in [0.1, 0.15) is 31.2 Å². The van der Waals surface area contributed by atoms with Gasteiger partial charge in [-0.2, -0.15) is 0 Å². The number of aliphatic hydroxyl groups is 1. The van der Waals surface area contributed by atoms with Crippen LogP contribution in [0.15, 0.2) is 18.2 Å². The first-order valence-corrected chi connectivity index (χ1v) is 6.50. The molecule has 0 aliphatic carbocycles. The van der Waals surface area contributed by atoms with Crippen molar-refractivity contribution in [1.29, 1.82) is 0 Å². The molecule has 2 aliphatic rings. The minimum Gasteiger partial charge on any atom is -0.385 e. The lowest BCUT2D eigenvalue weighted by Gasteiger charge is -2.41. The van der Waals surface area contributed by atoms with Crippen molar-refractivity contribution in [2.24, 2.45) is 0 Å². The Morgan fingerprint density at radius 3 is 2.61 bits per heavy atom. The van der Waals surface area contributed by atoms with Gasteiger partial charge in [-0.1, -0.05) is 0 Å². The van der Waals surface area contributed by atoms with Crippen molar-refractivity contribution in [3.8, 4) is 0 Å². The highest BCUT2D eigenvalue weighted by molar-refractivity contribution is 5.25. The fourth-order valence-electron chi connectivity index (χ4n) is 3.33. The molecule has 0 spiro atoms. The van der Waals surface area contributed by atoms with E-state index in [0.29, 0.717) is 24.4 Å². The van der Waals surface area contributed by atoms with Crippen molar-refractivity contribution in [3.05, 3.63) is 35.4 Å². The summed E-state index contributed by atoms with van der Waals surface area (Å²) in [7, 11) is 0. The molecule has 2 heterocycles. The van der Waals surface area contributed by atoms with Crippen LogP contribution in [0.3, 0.4) is 0 Å². The monoisotopic (exact) mass is 253 g/mol. The first-order valence-electron chi connectivity index (χ1n) is 6.50. The number of fused-ring (bicyclic) bond motifs is 1. The van der Waals surface area contributed by atoms with Crippen molar-refractivity contribution in [3.63, 3.8) is 0 Å². The predicted octanol–water partition coefficient (Wildman–Crippen LogP) is 2.41. The van der Waals surface area contributed by atoms with Crippen molar-refractivity contribution < 1.29 is 13.9 Å². The number of hydrogen-bond donors (Lipinski definition) is 1. The van der Waals surface area contributed by atoms with Gasteiger partial charge in [-0.3, -0.25) is 0 Å². The van der Waals surface area contributed by atoms with E-state index in [0.717, 1.165) is 32.0 Å². The first kappa shape index (κ1) is 12.1. The molecule has 0 aromatic heterocycles. The minimum absolute atomic E-state index is 0.357. The second-order valence-electron chi connectivity index (χ2n) is 5.48. The predicted molar refractivity (Wildman–Crippen MR) is 64.1 cm³/mol. The van der Waals surface area contributed by atoms with Gasteiger partial charge in [0.1, 0.15) is 11.6 Å². The Morgan fingerprint density at radius 2 is 1.89 bits per heavy atom. The second-order valence-corrected chi connectivity index (χ2v) is 5.48. The Labute approximate surface area is 105 Å². The van der Waals surface area contributed by atoms with Gasteiger partial charge in [0.05, 0.1) is 5.60 Å². The minimum atomic E-state index is -1.07. The molecule has 0 radical (unpaired) electrons. The van der Waals surface area contributed by atoms with Crippen LogP contribution in [0, 0.1) is 11.6 Å². The molecular formula is C14H17F2NO. The van der Waals surface area contributed by atoms with Crippen molar-refractivity contribution in [1.82, 2.24) is 4.90 Å². The maximum Gasteiger partial charge on any atom is 0.126 e. The highest BCUT2D eigenvalue weighted by Crippen LogP contribution is 2.39. The number of hydrogen-bond acceptors (Lipinski definition) is 2. The third-order valence-corrected chi connectivity index (χ3v) is 4.28. The Balaban J connectivity index is 1.89. The van der Waals surface area contributed by atoms with Gasteiger partial charge in [-0.05, 0) is 49.9 Å². The fraction of sp³-hybridized carbons (Fsp3) is 0.571. The molecule has 2 unspecified atom stereocenters. The van der Waals surface area contributed by atoms with Gasteiger partial charge >= 0.3 is 0 Å². The average molecular weight is 253 g/mol. The molecule has 2 fully saturated rings. The number of benzene rings is 1. The van der Waals surface area contributed by atoms with Gasteiger partial charge in [0.2, 0.25) is 0 Å². The van der Waals surface area contributed by atoms with Gasteiger partial charge < -0.3 is 10.0 Å². The number of nitrogens with zero attached hydrogens (tertiary/aromatic N) is 1. The summed E-state index contributed by atoms with van der Waals surface area (Å²) in [5.74, 6) is -1.24. The Morgan fingerprint density at radius 1 is 1.17 bits per heavy atom. The van der Waals surface area contributed by atoms with E-state index in [4.69, 9.17) is 0 Å². The largest absolute Gasteiger partial charge is 0.385 e. The summed E-state index contributed by atoms with van der Waals surface area (Å²) in [6, 6.07) is 3.72. The number of piperidine rings is 1. The molecule has 0 saturated carbocycles. The van der Waals surface area contributed by atoms with Crippen LogP contribution in [-0.2, 0) is 5.60 Å². The highest BCUT2D eigenvalue weighted by atomic mass is 19.1. The van der Waals surface area contributed by atoms with Crippen LogP contribution in [0.4, 0.5) is 8.78 Å². The zero-order valence-electron chi connectivity index (χ0n) is 10.2. The average Bonchev–Trinajstić information content (AvgIpc) is 2.74. The molecule has 3 rings (SSSR count). The molecule has 1 N–H and O–H groups in total. The van der Waals surface area contributed by atoms with Crippen LogP contribution in [0.5, 0.6) is 0 Å². The Kier molecular flexibility index (Phi) is 2.87. The van der Waals surface area contributed by atoms with Crippen LogP contribution in [-0.4, -0.2) is 29.1 Å². The van der Waals surface area contributed by atoms with Crippen LogP contribution < -0.4 is 0 Å². The third-order valence-electron chi connectivity index (χ3n) is 4.28. The lowest BCUT2D eigenvalue weighted by molar-refractivity contribution is -0.0412. The van der Waals surface area contributed by atoms with E-state index >= 15 is 0 Å². The van der Waals surface area contributed by atoms with Crippen LogP contribution in [0.25, 0.3) is 0 Å². The number of halogens is 2. The topological polar surface area (TPSA) is 23.5 Å². The summed E-state index contributed by atoms with van der Waals surface area (Å²) in [6.45, 7) is 1.89. The van der Waals surface area contributed by atoms with Gasteiger partial charge in [0, 0.05) is 18.7 Å². The second kappa shape index (κ2) is 4.28. The number of rotatable bonds is 1. The van der Waals surface area contributed by atoms with E-state index in [9.17, 15) is 13.9 Å². The zero-order valence-corrected chi connectivity index (χ0v) is 10.2. The summed E-state index contributed by atoms with van der Waals surface area (Å²) in [5, 5.41) is 10.7. The molecule has 1 aromatic carbocycles. The summed E-state index contributed by atoms with van der Waals surface area (Å²) in [4.78, 5) is 2.37. The molecule has 2 aliphatic heterocycles. The third kappa shape index (κ3) is 2.04. The lowest BCUT2D eigenvalue weighted by Crippen LogP contribution is -2.46. The molecule has 98 valence electrons. The summed E-state index contributed by atoms with van der Waals surface area (Å²) >= 11 is 0. The van der Waals surface area contributed by atoms with Crippen LogP contribution in [0.2, 0.25) is 0 Å². The standard InChI is InChI=1S/C14H17F2NO/c15-11-6-10(7-12(16)8-11)14(18)3-5-17-4-1-2-13(17)9-14/h6-8,13,18H,1-5,9H2. The first-order chi connectivity index (χ1) is 8.57. The Bertz CT molecular complexity index is 445. The SMILES string of the molecule is OC1(c2cc(F)cc(F)c2)CCN2CCCC2C1. The maximum absolute atomic E-state index is 13.3. The molecule has 0 bridgehead atoms. The lowest BCUT2D eigenvalue weighted by atomic mass is 9.81. The molecule has 2 saturated heterocycles. The van der Waals surface area contributed by atoms with E-state index in [-0.39, 0.29) is 0 Å². The van der Waals surface area contributed by atoms with Crippen molar-refractivity contribution in [2.75, 3.05) is 13.1 Å². The molecule has 18 heavy (non-hydrogen) atoms. The summed E-state index contributed by atoms with van der Waals surface area (Å²) in [6.07, 6.45) is 3.35. The van der Waals surface area contributed by atoms with Crippen molar-refractivity contribution in [2.45, 2.75) is 37.3 Å². The Hall–Kier alpha value is -1.00. The normalized spacial score (nSPS) is 32.5. The zero-order chi connectivity index (χ0) is 12.8. The van der Waals surface area contributed by atoms with E-state index in [2.05, 4.69) is 4.90 Å². The molecule has 2 nitrogen and oxygen atoms in total. The van der Waals surface area contributed by atoms with Crippen LogP contribution >= 0.6 is 0 Å². The molecule has 1 aromatic rings. The maximum atomic E-state index is 13.3. The molecular weight excluding hydrogens is 236 g/mol. The van der Waals surface area contributed by atoms with Gasteiger partial charge in [0.25, 0.3) is 0 Å². The van der Waals surface area contributed by atoms with Gasteiger partial charge in [-0.25, -0.2) is 8.78 Å². The summed E-state index contributed by atoms with van der Waals surface area (Å²) in [5.41, 5.74) is -0.694. The van der Waals surface area contributed by atoms with Crippen molar-refractivity contribution >= 4 is 0 Å². The van der Waals surface area contributed by atoms with E-state index < -0.39 is 17.2 Å². The summed E-state index contributed by atoms with van der Waals surface area (Å²) < 4.78 is 26.5. The molecule has 4 heteroatoms. The highest BCUT2D eigenvalue weighted by Gasteiger charge is 2.41.